The van der Waals surface area contributed by atoms with Crippen molar-refractivity contribution in [3.05, 3.63) is 75.3 Å². The summed E-state index contributed by atoms with van der Waals surface area (Å²) in [5.41, 5.74) is 0.146. The first-order chi connectivity index (χ1) is 13.0. The molecule has 3 rings (SSSR count). The van der Waals surface area contributed by atoms with Crippen LogP contribution in [0.15, 0.2) is 59.5 Å². The number of nitrogens with one attached hydrogen (secondary N) is 1. The van der Waals surface area contributed by atoms with Crippen LogP contribution in [0.2, 0.25) is 5.02 Å². The number of rotatable bonds is 6. The smallest absolute Gasteiger partial charge is 0.270 e. The van der Waals surface area contributed by atoms with E-state index in [1.165, 1.54) is 30.0 Å². The molecule has 0 fully saturated rings. The van der Waals surface area contributed by atoms with Gasteiger partial charge in [-0.05, 0) is 23.6 Å². The number of hydrogen-bond acceptors (Lipinski definition) is 5. The molecule has 0 aromatic heterocycles. The van der Waals surface area contributed by atoms with E-state index in [-0.39, 0.29) is 35.2 Å². The Morgan fingerprint density at radius 1 is 1.19 bits per heavy atom. The van der Waals surface area contributed by atoms with Crippen molar-refractivity contribution >= 4 is 45.7 Å². The quantitative estimate of drug-likeness (QED) is 0.359. The molecule has 3 aromatic carbocycles. The van der Waals surface area contributed by atoms with Gasteiger partial charge in [-0.15, -0.1) is 11.8 Å². The van der Waals surface area contributed by atoms with Crippen molar-refractivity contribution < 1.29 is 14.8 Å². The molecule has 0 aliphatic heterocycles. The third-order valence-corrected chi connectivity index (χ3v) is 5.30. The molecular weight excluding hydrogens is 388 g/mol. The van der Waals surface area contributed by atoms with E-state index in [0.717, 1.165) is 15.7 Å². The van der Waals surface area contributed by atoms with Crippen molar-refractivity contribution in [3.8, 4) is 5.75 Å². The number of halogens is 1. The predicted molar refractivity (Wildman–Crippen MR) is 106 cm³/mol. The number of aromatic hydroxyl groups is 1. The summed E-state index contributed by atoms with van der Waals surface area (Å²) < 4.78 is 0. The second-order valence-electron chi connectivity index (χ2n) is 5.73. The highest BCUT2D eigenvalue weighted by Gasteiger charge is 2.12. The van der Waals surface area contributed by atoms with Crippen LogP contribution in [0.3, 0.4) is 0 Å². The number of thioether (sulfide) groups is 1. The van der Waals surface area contributed by atoms with Crippen LogP contribution < -0.4 is 5.32 Å². The maximum atomic E-state index is 12.2. The summed E-state index contributed by atoms with van der Waals surface area (Å²) in [6.07, 6.45) is 0. The number of benzene rings is 3. The van der Waals surface area contributed by atoms with Gasteiger partial charge >= 0.3 is 0 Å². The normalized spacial score (nSPS) is 10.7. The van der Waals surface area contributed by atoms with Crippen LogP contribution in [0.5, 0.6) is 5.75 Å². The molecular formula is C19H15ClN2O4S. The Bertz CT molecular complexity index is 1020. The summed E-state index contributed by atoms with van der Waals surface area (Å²) in [6.45, 7) is 0.00317. The molecule has 0 radical (unpaired) electrons. The Hall–Kier alpha value is -2.77. The van der Waals surface area contributed by atoms with E-state index in [2.05, 4.69) is 5.32 Å². The highest BCUT2D eigenvalue weighted by molar-refractivity contribution is 8.00. The Labute approximate surface area is 164 Å². The number of carbonyl (C=O) groups is 1. The summed E-state index contributed by atoms with van der Waals surface area (Å²) in [4.78, 5) is 23.3. The van der Waals surface area contributed by atoms with Gasteiger partial charge < -0.3 is 10.4 Å². The second kappa shape index (κ2) is 8.28. The van der Waals surface area contributed by atoms with Crippen LogP contribution in [-0.4, -0.2) is 21.7 Å². The highest BCUT2D eigenvalue weighted by Crippen LogP contribution is 2.33. The van der Waals surface area contributed by atoms with E-state index in [1.807, 2.05) is 30.3 Å². The topological polar surface area (TPSA) is 92.5 Å². The first-order valence-electron chi connectivity index (χ1n) is 7.98. The Morgan fingerprint density at radius 2 is 1.93 bits per heavy atom. The van der Waals surface area contributed by atoms with Crippen molar-refractivity contribution in [2.75, 3.05) is 5.75 Å². The molecule has 27 heavy (non-hydrogen) atoms. The molecule has 0 saturated carbocycles. The monoisotopic (exact) mass is 402 g/mol. The summed E-state index contributed by atoms with van der Waals surface area (Å²) in [7, 11) is 0. The van der Waals surface area contributed by atoms with Crippen LogP contribution >= 0.6 is 23.4 Å². The van der Waals surface area contributed by atoms with Gasteiger partial charge in [0.25, 0.3) is 5.69 Å². The van der Waals surface area contributed by atoms with E-state index >= 15 is 0 Å². The number of non-ortho nitro benzene ring substituents is 1. The van der Waals surface area contributed by atoms with Crippen LogP contribution in [0.25, 0.3) is 10.8 Å². The zero-order chi connectivity index (χ0) is 19.4. The number of phenolic OH excluding ortho intramolecular Hbond substituents is 1. The second-order valence-corrected chi connectivity index (χ2v) is 7.15. The maximum Gasteiger partial charge on any atom is 0.270 e. The van der Waals surface area contributed by atoms with Crippen LogP contribution in [0.4, 0.5) is 5.69 Å². The van der Waals surface area contributed by atoms with Crippen molar-refractivity contribution in [2.45, 2.75) is 11.4 Å². The zero-order valence-corrected chi connectivity index (χ0v) is 15.6. The Kier molecular flexibility index (Phi) is 5.83. The fraction of sp³-hybridized carbons (Fsp3) is 0.105. The molecule has 0 unspecified atom stereocenters. The molecule has 3 aromatic rings. The fourth-order valence-electron chi connectivity index (χ4n) is 2.60. The number of phenols is 1. The first kappa shape index (κ1) is 19.0. The van der Waals surface area contributed by atoms with E-state index in [0.29, 0.717) is 5.02 Å². The van der Waals surface area contributed by atoms with E-state index < -0.39 is 4.92 Å². The molecule has 8 heteroatoms. The number of hydrogen-bond donors (Lipinski definition) is 2. The lowest BCUT2D eigenvalue weighted by atomic mass is 10.1. The zero-order valence-electron chi connectivity index (χ0n) is 14.0. The maximum absolute atomic E-state index is 12.2. The van der Waals surface area contributed by atoms with Gasteiger partial charge in [0, 0.05) is 39.5 Å². The van der Waals surface area contributed by atoms with Gasteiger partial charge in [0.05, 0.1) is 10.7 Å². The largest absolute Gasteiger partial charge is 0.508 e. The van der Waals surface area contributed by atoms with E-state index in [4.69, 9.17) is 11.6 Å². The van der Waals surface area contributed by atoms with Gasteiger partial charge in [-0.2, -0.15) is 0 Å². The van der Waals surface area contributed by atoms with Gasteiger partial charge in [0.15, 0.2) is 0 Å². The molecule has 0 aliphatic rings. The summed E-state index contributed by atoms with van der Waals surface area (Å²) in [5, 5.41) is 25.8. The standard InChI is InChI=1S/C19H15ClN2O4S/c20-15-5-1-3-12-4-2-6-17(19(12)15)27-11-18(24)21-10-13-9-14(22(25)26)7-8-16(13)23/h1-9,23H,10-11H2,(H,21,24). The number of fused-ring (bicyclic) bond motifs is 1. The number of nitrogens with zero attached hydrogens (tertiary/aromatic N) is 1. The lowest BCUT2D eigenvalue weighted by Crippen LogP contribution is -2.24. The average Bonchev–Trinajstić information content (AvgIpc) is 2.65. The van der Waals surface area contributed by atoms with Gasteiger partial charge in [-0.3, -0.25) is 14.9 Å². The van der Waals surface area contributed by atoms with Crippen LogP contribution in [0.1, 0.15) is 5.56 Å². The van der Waals surface area contributed by atoms with E-state index in [9.17, 15) is 20.0 Å². The van der Waals surface area contributed by atoms with Crippen molar-refractivity contribution in [3.63, 3.8) is 0 Å². The lowest BCUT2D eigenvalue weighted by Gasteiger charge is -2.09. The molecule has 138 valence electrons. The van der Waals surface area contributed by atoms with Gasteiger partial charge in [0.1, 0.15) is 5.75 Å². The minimum atomic E-state index is -0.551. The molecule has 0 atom stereocenters. The molecule has 0 spiro atoms. The number of nitro benzene ring substituents is 1. The Morgan fingerprint density at radius 3 is 2.67 bits per heavy atom. The third kappa shape index (κ3) is 4.50. The predicted octanol–water partition coefficient (Wildman–Crippen LogP) is 4.52. The average molecular weight is 403 g/mol. The minimum Gasteiger partial charge on any atom is -0.508 e. The molecule has 0 bridgehead atoms. The number of nitro groups is 1. The van der Waals surface area contributed by atoms with E-state index in [1.54, 1.807) is 6.07 Å². The Balaban J connectivity index is 1.65. The molecule has 1 amide bonds. The van der Waals surface area contributed by atoms with Crippen molar-refractivity contribution in [1.29, 1.82) is 0 Å². The van der Waals surface area contributed by atoms with Crippen molar-refractivity contribution in [1.82, 2.24) is 5.32 Å². The van der Waals surface area contributed by atoms with Gasteiger partial charge in [0.2, 0.25) is 5.91 Å². The van der Waals surface area contributed by atoms with Gasteiger partial charge in [-0.25, -0.2) is 0 Å². The molecule has 6 nitrogen and oxygen atoms in total. The number of amides is 1. The molecule has 0 saturated heterocycles. The highest BCUT2D eigenvalue weighted by atomic mass is 35.5. The SMILES string of the molecule is O=C(CSc1cccc2cccc(Cl)c12)NCc1cc([N+](=O)[O-])ccc1O. The minimum absolute atomic E-state index is 0.00317. The summed E-state index contributed by atoms with van der Waals surface area (Å²) in [6, 6.07) is 15.1. The first-order valence-corrected chi connectivity index (χ1v) is 9.35. The van der Waals surface area contributed by atoms with Gasteiger partial charge in [-0.1, -0.05) is 35.9 Å². The fourth-order valence-corrected chi connectivity index (χ4v) is 3.87. The lowest BCUT2D eigenvalue weighted by molar-refractivity contribution is -0.384. The van der Waals surface area contributed by atoms with Crippen LogP contribution in [-0.2, 0) is 11.3 Å². The third-order valence-electron chi connectivity index (χ3n) is 3.92. The molecule has 2 N–H and O–H groups in total. The molecule has 0 aliphatic carbocycles. The summed E-state index contributed by atoms with van der Waals surface area (Å²) >= 11 is 7.63. The number of carbonyl (C=O) groups excluding carboxylic acids is 1. The molecule has 0 heterocycles. The van der Waals surface area contributed by atoms with Crippen molar-refractivity contribution in [2.24, 2.45) is 0 Å². The van der Waals surface area contributed by atoms with Crippen LogP contribution in [0, 0.1) is 10.1 Å². The summed E-state index contributed by atoms with van der Waals surface area (Å²) in [5.74, 6) is -0.204.